The molecule has 2 rings (SSSR count). The predicted octanol–water partition coefficient (Wildman–Crippen LogP) is 4.33. The van der Waals surface area contributed by atoms with Crippen LogP contribution < -0.4 is 4.74 Å². The van der Waals surface area contributed by atoms with Crippen LogP contribution in [-0.4, -0.2) is 6.61 Å². The summed E-state index contributed by atoms with van der Waals surface area (Å²) in [7, 11) is 0. The Balaban J connectivity index is 2.37. The lowest BCUT2D eigenvalue weighted by molar-refractivity contribution is 0.247. The number of fused-ring (bicyclic) bond motifs is 1. The molecule has 0 bridgehead atoms. The second kappa shape index (κ2) is 4.48. The zero-order valence-electron chi connectivity index (χ0n) is 10.8. The molecule has 1 aliphatic heterocycles. The van der Waals surface area contributed by atoms with E-state index in [1.807, 2.05) is 0 Å². The van der Waals surface area contributed by atoms with Gasteiger partial charge in [-0.15, -0.1) is 0 Å². The average molecular weight is 218 g/mol. The van der Waals surface area contributed by atoms with E-state index >= 15 is 0 Å². The molecule has 0 N–H and O–H groups in total. The fourth-order valence-electron chi connectivity index (χ4n) is 2.49. The third-order valence-corrected chi connectivity index (χ3v) is 3.59. The van der Waals surface area contributed by atoms with Crippen LogP contribution in [0.15, 0.2) is 18.2 Å². The molecule has 0 amide bonds. The average Bonchev–Trinajstić information content (AvgIpc) is 2.27. The summed E-state index contributed by atoms with van der Waals surface area (Å²) >= 11 is 0. The van der Waals surface area contributed by atoms with Crippen LogP contribution in [0.1, 0.15) is 57.1 Å². The third kappa shape index (κ3) is 2.09. The van der Waals surface area contributed by atoms with Crippen LogP contribution in [-0.2, 0) is 0 Å². The van der Waals surface area contributed by atoms with Crippen molar-refractivity contribution >= 4 is 0 Å². The Morgan fingerprint density at radius 2 is 1.94 bits per heavy atom. The molecule has 0 aromatic heterocycles. The molecule has 1 aliphatic rings. The van der Waals surface area contributed by atoms with Crippen molar-refractivity contribution in [3.63, 3.8) is 0 Å². The van der Waals surface area contributed by atoms with Crippen LogP contribution >= 0.6 is 0 Å². The number of benzene rings is 1. The van der Waals surface area contributed by atoms with E-state index in [4.69, 9.17) is 4.74 Å². The van der Waals surface area contributed by atoms with Gasteiger partial charge in [-0.3, -0.25) is 0 Å². The zero-order chi connectivity index (χ0) is 11.7. The molecule has 16 heavy (non-hydrogen) atoms. The van der Waals surface area contributed by atoms with Crippen molar-refractivity contribution in [1.29, 1.82) is 0 Å². The van der Waals surface area contributed by atoms with Crippen molar-refractivity contribution in [3.8, 4) is 5.75 Å². The summed E-state index contributed by atoms with van der Waals surface area (Å²) in [5, 5.41) is 0. The molecule has 1 aromatic carbocycles. The topological polar surface area (TPSA) is 9.23 Å². The number of hydrogen-bond donors (Lipinski definition) is 0. The number of rotatable bonds is 2. The van der Waals surface area contributed by atoms with E-state index < -0.39 is 0 Å². The molecular weight excluding hydrogens is 196 g/mol. The first kappa shape index (κ1) is 11.5. The van der Waals surface area contributed by atoms with E-state index in [1.54, 1.807) is 0 Å². The lowest BCUT2D eigenvalue weighted by atomic mass is 9.83. The molecule has 1 nitrogen and oxygen atoms in total. The van der Waals surface area contributed by atoms with Crippen molar-refractivity contribution in [2.24, 2.45) is 5.92 Å². The lowest BCUT2D eigenvalue weighted by Crippen LogP contribution is -2.18. The zero-order valence-corrected chi connectivity index (χ0v) is 10.8. The smallest absolute Gasteiger partial charge is 0.123 e. The largest absolute Gasteiger partial charge is 0.493 e. The van der Waals surface area contributed by atoms with Crippen LogP contribution in [0.3, 0.4) is 0 Å². The fourth-order valence-corrected chi connectivity index (χ4v) is 2.49. The summed E-state index contributed by atoms with van der Waals surface area (Å²) in [4.78, 5) is 0. The maximum absolute atomic E-state index is 5.79. The Hall–Kier alpha value is -0.980. The molecule has 0 fully saturated rings. The minimum Gasteiger partial charge on any atom is -0.493 e. The monoisotopic (exact) mass is 218 g/mol. The Bertz CT molecular complexity index is 366. The van der Waals surface area contributed by atoms with Crippen molar-refractivity contribution in [3.05, 3.63) is 29.3 Å². The maximum atomic E-state index is 5.79. The Kier molecular flexibility index (Phi) is 3.22. The molecular formula is C15H22O. The van der Waals surface area contributed by atoms with Gasteiger partial charge in [-0.25, -0.2) is 0 Å². The predicted molar refractivity (Wildman–Crippen MR) is 68.2 cm³/mol. The molecule has 1 heterocycles. The van der Waals surface area contributed by atoms with Crippen molar-refractivity contribution in [2.75, 3.05) is 6.61 Å². The first-order valence-corrected chi connectivity index (χ1v) is 6.36. The molecule has 1 aromatic rings. The molecule has 0 saturated carbocycles. The van der Waals surface area contributed by atoms with Crippen LogP contribution in [0.5, 0.6) is 5.75 Å². The molecule has 88 valence electrons. The highest BCUT2D eigenvalue weighted by Gasteiger charge is 2.24. The molecule has 0 aliphatic carbocycles. The van der Waals surface area contributed by atoms with Crippen LogP contribution in [0, 0.1) is 5.92 Å². The molecule has 1 unspecified atom stereocenters. The number of ether oxygens (including phenoxy) is 1. The van der Waals surface area contributed by atoms with Gasteiger partial charge in [0.25, 0.3) is 0 Å². The van der Waals surface area contributed by atoms with E-state index in [-0.39, 0.29) is 0 Å². The first-order valence-electron chi connectivity index (χ1n) is 6.36. The van der Waals surface area contributed by atoms with Gasteiger partial charge >= 0.3 is 0 Å². The highest BCUT2D eigenvalue weighted by molar-refractivity contribution is 5.42. The number of hydrogen-bond acceptors (Lipinski definition) is 1. The maximum Gasteiger partial charge on any atom is 0.123 e. The molecule has 0 saturated heterocycles. The Morgan fingerprint density at radius 1 is 1.19 bits per heavy atom. The highest BCUT2D eigenvalue weighted by atomic mass is 16.5. The normalized spacial score (nSPS) is 19.8. The van der Waals surface area contributed by atoms with Gasteiger partial charge in [-0.2, -0.15) is 0 Å². The van der Waals surface area contributed by atoms with Crippen molar-refractivity contribution in [2.45, 2.75) is 46.0 Å². The summed E-state index contributed by atoms with van der Waals surface area (Å²) in [5.74, 6) is 3.07. The van der Waals surface area contributed by atoms with Gasteiger partial charge in [-0.05, 0) is 41.4 Å². The Labute approximate surface area is 98.8 Å². The summed E-state index contributed by atoms with van der Waals surface area (Å²) < 4.78 is 5.79. The van der Waals surface area contributed by atoms with E-state index in [0.717, 1.165) is 18.8 Å². The van der Waals surface area contributed by atoms with Crippen LogP contribution in [0.4, 0.5) is 0 Å². The second-order valence-corrected chi connectivity index (χ2v) is 5.44. The molecule has 1 atom stereocenters. The summed E-state index contributed by atoms with van der Waals surface area (Å²) in [6.45, 7) is 9.93. The summed E-state index contributed by atoms with van der Waals surface area (Å²) in [6.07, 6.45) is 1.16. The van der Waals surface area contributed by atoms with E-state index in [9.17, 15) is 0 Å². The fraction of sp³-hybridized carbons (Fsp3) is 0.600. The second-order valence-electron chi connectivity index (χ2n) is 5.44. The Morgan fingerprint density at radius 3 is 2.56 bits per heavy atom. The van der Waals surface area contributed by atoms with Gasteiger partial charge < -0.3 is 4.74 Å². The van der Waals surface area contributed by atoms with Gasteiger partial charge in [0.2, 0.25) is 0 Å². The SMILES string of the molecule is CC(C)c1ccc2c(c1)OCCC2C(C)C. The van der Waals surface area contributed by atoms with Crippen molar-refractivity contribution in [1.82, 2.24) is 0 Å². The molecule has 1 heteroatoms. The van der Waals surface area contributed by atoms with Crippen molar-refractivity contribution < 1.29 is 4.74 Å². The molecule has 0 spiro atoms. The third-order valence-electron chi connectivity index (χ3n) is 3.59. The summed E-state index contributed by atoms with van der Waals surface area (Å²) in [6, 6.07) is 6.76. The highest BCUT2D eigenvalue weighted by Crippen LogP contribution is 2.39. The van der Waals surface area contributed by atoms with Crippen LogP contribution in [0.25, 0.3) is 0 Å². The lowest BCUT2D eigenvalue weighted by Gasteiger charge is -2.29. The minimum absolute atomic E-state index is 0.577. The quantitative estimate of drug-likeness (QED) is 0.717. The van der Waals surface area contributed by atoms with E-state index in [1.165, 1.54) is 11.1 Å². The van der Waals surface area contributed by atoms with Gasteiger partial charge in [-0.1, -0.05) is 39.8 Å². The minimum atomic E-state index is 0.577. The van der Waals surface area contributed by atoms with Gasteiger partial charge in [0.05, 0.1) is 6.61 Å². The van der Waals surface area contributed by atoms with Gasteiger partial charge in [0.1, 0.15) is 5.75 Å². The van der Waals surface area contributed by atoms with Gasteiger partial charge in [0, 0.05) is 0 Å². The summed E-state index contributed by atoms with van der Waals surface area (Å²) in [5.41, 5.74) is 2.79. The first-order chi connectivity index (χ1) is 7.59. The van der Waals surface area contributed by atoms with E-state index in [0.29, 0.717) is 17.8 Å². The van der Waals surface area contributed by atoms with Gasteiger partial charge in [0.15, 0.2) is 0 Å². The van der Waals surface area contributed by atoms with Crippen LogP contribution in [0.2, 0.25) is 0 Å². The molecule has 0 radical (unpaired) electrons. The van der Waals surface area contributed by atoms with E-state index in [2.05, 4.69) is 45.9 Å². The standard InChI is InChI=1S/C15H22O/c1-10(2)12-5-6-14-13(11(3)4)7-8-16-15(14)9-12/h5-6,9-11,13H,7-8H2,1-4H3.